The van der Waals surface area contributed by atoms with Crippen molar-refractivity contribution in [2.24, 2.45) is 0 Å². The first-order chi connectivity index (χ1) is 13.4. The van der Waals surface area contributed by atoms with Crippen LogP contribution in [0.5, 0.6) is 0 Å². The molecule has 0 atom stereocenters. The normalized spacial score (nSPS) is 11.4. The average molecular weight is 351 g/mol. The molecule has 0 saturated heterocycles. The summed E-state index contributed by atoms with van der Waals surface area (Å²) in [6.45, 7) is 4.05. The summed E-state index contributed by atoms with van der Waals surface area (Å²) < 4.78 is 2.32. The molecule has 0 bridgehead atoms. The van der Waals surface area contributed by atoms with Gasteiger partial charge < -0.3 is 4.57 Å². The fourth-order valence-corrected chi connectivity index (χ4v) is 3.94. The number of imidazole rings is 1. The Kier molecular flexibility index (Phi) is 4.88. The van der Waals surface area contributed by atoms with Crippen molar-refractivity contribution in [2.45, 2.75) is 18.4 Å². The maximum absolute atomic E-state index is 4.67. The van der Waals surface area contributed by atoms with Gasteiger partial charge in [-0.2, -0.15) is 0 Å². The van der Waals surface area contributed by atoms with E-state index >= 15 is 0 Å². The lowest BCUT2D eigenvalue weighted by atomic mass is 9.76. The second-order valence-corrected chi connectivity index (χ2v) is 6.63. The van der Waals surface area contributed by atoms with Crippen molar-refractivity contribution >= 4 is 0 Å². The van der Waals surface area contributed by atoms with Crippen molar-refractivity contribution in [3.8, 4) is 0 Å². The van der Waals surface area contributed by atoms with E-state index in [2.05, 4.69) is 114 Å². The average Bonchev–Trinajstić information content (AvgIpc) is 3.20. The Hall–Kier alpha value is -3.13. The van der Waals surface area contributed by atoms with E-state index in [9.17, 15) is 0 Å². The summed E-state index contributed by atoms with van der Waals surface area (Å²) in [5, 5.41) is 0. The lowest BCUT2D eigenvalue weighted by molar-refractivity contribution is 0.492. The molecule has 1 heterocycles. The van der Waals surface area contributed by atoms with Crippen LogP contribution in [0, 0.1) is 6.92 Å². The molecule has 2 heteroatoms. The second kappa shape index (κ2) is 7.63. The Bertz CT molecular complexity index is 876. The Morgan fingerprint density at radius 1 is 0.704 bits per heavy atom. The fourth-order valence-electron chi connectivity index (χ4n) is 3.94. The molecule has 4 rings (SSSR count). The molecule has 1 radical (unpaired) electrons. The van der Waals surface area contributed by atoms with Crippen LogP contribution in [0.3, 0.4) is 0 Å². The molecule has 0 spiro atoms. The predicted molar refractivity (Wildman–Crippen MR) is 111 cm³/mol. The summed E-state index contributed by atoms with van der Waals surface area (Å²) in [6, 6.07) is 32.0. The van der Waals surface area contributed by atoms with Crippen molar-refractivity contribution in [2.75, 3.05) is 0 Å². The zero-order valence-corrected chi connectivity index (χ0v) is 15.3. The first kappa shape index (κ1) is 17.3. The van der Waals surface area contributed by atoms with E-state index < -0.39 is 5.54 Å². The monoisotopic (exact) mass is 351 g/mol. The van der Waals surface area contributed by atoms with Gasteiger partial charge in [-0.3, -0.25) is 0 Å². The van der Waals surface area contributed by atoms with Crippen LogP contribution < -0.4 is 0 Å². The molecule has 0 amide bonds. The van der Waals surface area contributed by atoms with Crippen LogP contribution in [0.25, 0.3) is 0 Å². The summed E-state index contributed by atoms with van der Waals surface area (Å²) in [4.78, 5) is 4.67. The zero-order chi connectivity index (χ0) is 18.5. The Labute approximate surface area is 161 Å². The number of benzene rings is 3. The fraction of sp³-hybridized carbons (Fsp3) is 0.120. The Morgan fingerprint density at radius 2 is 1.15 bits per heavy atom. The molecular weight excluding hydrogens is 328 g/mol. The van der Waals surface area contributed by atoms with Crippen LogP contribution in [0.4, 0.5) is 0 Å². The number of hydrogen-bond donors (Lipinski definition) is 0. The van der Waals surface area contributed by atoms with E-state index in [-0.39, 0.29) is 0 Å². The van der Waals surface area contributed by atoms with Crippen molar-refractivity contribution in [3.63, 3.8) is 0 Å². The van der Waals surface area contributed by atoms with Gasteiger partial charge >= 0.3 is 0 Å². The minimum absolute atomic E-state index is 0.481. The van der Waals surface area contributed by atoms with Crippen LogP contribution in [0.2, 0.25) is 0 Å². The van der Waals surface area contributed by atoms with Crippen molar-refractivity contribution in [3.05, 3.63) is 133 Å². The van der Waals surface area contributed by atoms with Crippen LogP contribution >= 0.6 is 0 Å². The van der Waals surface area contributed by atoms with Crippen molar-refractivity contribution < 1.29 is 0 Å². The van der Waals surface area contributed by atoms with Gasteiger partial charge in [-0.25, -0.2) is 4.98 Å². The number of rotatable bonds is 6. The van der Waals surface area contributed by atoms with Gasteiger partial charge in [0.1, 0.15) is 11.4 Å². The summed E-state index contributed by atoms with van der Waals surface area (Å²) >= 11 is 0. The third kappa shape index (κ3) is 2.97. The first-order valence-corrected chi connectivity index (χ1v) is 9.36. The van der Waals surface area contributed by atoms with E-state index in [1.54, 1.807) is 0 Å². The quantitative estimate of drug-likeness (QED) is 0.420. The third-order valence-corrected chi connectivity index (χ3v) is 5.05. The van der Waals surface area contributed by atoms with Gasteiger partial charge in [0, 0.05) is 18.8 Å². The van der Waals surface area contributed by atoms with Gasteiger partial charge in [0.25, 0.3) is 0 Å². The molecule has 3 aromatic carbocycles. The molecule has 0 aliphatic carbocycles. The van der Waals surface area contributed by atoms with Gasteiger partial charge in [0.2, 0.25) is 0 Å². The zero-order valence-electron chi connectivity index (χ0n) is 15.3. The van der Waals surface area contributed by atoms with E-state index in [1.807, 2.05) is 6.20 Å². The van der Waals surface area contributed by atoms with E-state index in [4.69, 9.17) is 0 Å². The van der Waals surface area contributed by atoms with Crippen LogP contribution in [0.15, 0.2) is 103 Å². The molecule has 27 heavy (non-hydrogen) atoms. The number of nitrogens with zero attached hydrogens (tertiary/aromatic N) is 2. The molecule has 0 fully saturated rings. The van der Waals surface area contributed by atoms with Gasteiger partial charge in [0.15, 0.2) is 0 Å². The maximum atomic E-state index is 4.67. The lowest BCUT2D eigenvalue weighted by Gasteiger charge is -2.38. The lowest BCUT2D eigenvalue weighted by Crippen LogP contribution is -2.38. The number of aryl methyl sites for hydroxylation is 1. The standard InChI is InChI=1S/C25H23N2/c1-2-12-24-26-19-20-27(24)25(21-13-6-3-7-14-21,22-15-8-4-9-16-22)23-17-10-5-11-18-23/h3-11,13-20H,1-2,12H2. The topological polar surface area (TPSA) is 17.8 Å². The highest BCUT2D eigenvalue weighted by molar-refractivity contribution is 5.51. The van der Waals surface area contributed by atoms with E-state index in [0.717, 1.165) is 18.7 Å². The van der Waals surface area contributed by atoms with Crippen LogP contribution in [-0.2, 0) is 12.0 Å². The van der Waals surface area contributed by atoms with Gasteiger partial charge in [-0.1, -0.05) is 97.9 Å². The molecule has 0 aliphatic rings. The van der Waals surface area contributed by atoms with E-state index in [1.165, 1.54) is 16.7 Å². The third-order valence-electron chi connectivity index (χ3n) is 5.05. The first-order valence-electron chi connectivity index (χ1n) is 9.36. The summed E-state index contributed by atoms with van der Waals surface area (Å²) in [6.07, 6.45) is 5.64. The molecule has 0 aliphatic heterocycles. The highest BCUT2D eigenvalue weighted by Gasteiger charge is 2.39. The van der Waals surface area contributed by atoms with Gasteiger partial charge in [0.05, 0.1) is 0 Å². The maximum Gasteiger partial charge on any atom is 0.121 e. The Balaban J connectivity index is 2.12. The predicted octanol–water partition coefficient (Wildman–Crippen LogP) is 5.49. The highest BCUT2D eigenvalue weighted by Crippen LogP contribution is 2.41. The summed E-state index contributed by atoms with van der Waals surface area (Å²) in [7, 11) is 0. The number of aromatic nitrogens is 2. The van der Waals surface area contributed by atoms with Gasteiger partial charge in [-0.05, 0) is 23.1 Å². The van der Waals surface area contributed by atoms with Crippen LogP contribution in [-0.4, -0.2) is 9.55 Å². The summed E-state index contributed by atoms with van der Waals surface area (Å²) in [5.41, 5.74) is 3.16. The summed E-state index contributed by atoms with van der Waals surface area (Å²) in [5.74, 6) is 1.04. The molecular formula is C25H23N2. The molecule has 2 nitrogen and oxygen atoms in total. The minimum Gasteiger partial charge on any atom is -0.316 e. The molecule has 0 unspecified atom stereocenters. The number of hydrogen-bond acceptors (Lipinski definition) is 1. The second-order valence-electron chi connectivity index (χ2n) is 6.63. The van der Waals surface area contributed by atoms with Gasteiger partial charge in [-0.15, -0.1) is 0 Å². The smallest absolute Gasteiger partial charge is 0.121 e. The molecule has 0 saturated carbocycles. The van der Waals surface area contributed by atoms with Crippen molar-refractivity contribution in [1.82, 2.24) is 9.55 Å². The molecule has 1 aromatic heterocycles. The van der Waals surface area contributed by atoms with E-state index in [0.29, 0.717) is 0 Å². The highest BCUT2D eigenvalue weighted by atomic mass is 15.1. The molecule has 133 valence electrons. The minimum atomic E-state index is -0.481. The SMILES string of the molecule is [CH2]CCc1nccn1C(c1ccccc1)(c1ccccc1)c1ccccc1. The van der Waals surface area contributed by atoms with Crippen molar-refractivity contribution in [1.29, 1.82) is 0 Å². The Morgan fingerprint density at radius 3 is 1.56 bits per heavy atom. The molecule has 0 N–H and O–H groups in total. The van der Waals surface area contributed by atoms with Crippen LogP contribution in [0.1, 0.15) is 28.9 Å². The largest absolute Gasteiger partial charge is 0.316 e. The molecule has 4 aromatic rings.